The summed E-state index contributed by atoms with van der Waals surface area (Å²) in [6, 6.07) is 0. The van der Waals surface area contributed by atoms with Crippen LogP contribution in [0.1, 0.15) is 39.5 Å². The Hall–Kier alpha value is -0.460. The van der Waals surface area contributed by atoms with Gasteiger partial charge in [-0.05, 0) is 32.3 Å². The zero-order valence-corrected chi connectivity index (χ0v) is 6.89. The molecule has 0 radical (unpaired) electrons. The summed E-state index contributed by atoms with van der Waals surface area (Å²) in [6.07, 6.45) is 7.52. The molecule has 1 heteroatoms. The summed E-state index contributed by atoms with van der Waals surface area (Å²) < 4.78 is 5.65. The van der Waals surface area contributed by atoms with Gasteiger partial charge in [0.25, 0.3) is 0 Å². The summed E-state index contributed by atoms with van der Waals surface area (Å²) >= 11 is 0. The van der Waals surface area contributed by atoms with Gasteiger partial charge in [0.15, 0.2) is 0 Å². The number of allylic oxidation sites excluding steroid dienone is 2. The second-order valence-electron chi connectivity index (χ2n) is 2.78. The van der Waals surface area contributed by atoms with Crippen molar-refractivity contribution in [1.29, 1.82) is 0 Å². The fourth-order valence-electron chi connectivity index (χ4n) is 1.06. The van der Waals surface area contributed by atoms with Crippen molar-refractivity contribution in [3.63, 3.8) is 0 Å². The average molecular weight is 140 g/mol. The quantitative estimate of drug-likeness (QED) is 0.548. The highest BCUT2D eigenvalue weighted by molar-refractivity contribution is 4.91. The van der Waals surface area contributed by atoms with Gasteiger partial charge in [0, 0.05) is 6.42 Å². The summed E-state index contributed by atoms with van der Waals surface area (Å²) in [7, 11) is 0. The van der Waals surface area contributed by atoms with Crippen molar-refractivity contribution >= 4 is 0 Å². The number of ether oxygens (including phenoxy) is 1. The fraction of sp³-hybridized carbons (Fsp3) is 0.778. The van der Waals surface area contributed by atoms with Gasteiger partial charge in [-0.2, -0.15) is 0 Å². The second kappa shape index (κ2) is 3.65. The molecule has 0 unspecified atom stereocenters. The van der Waals surface area contributed by atoms with Gasteiger partial charge in [-0.3, -0.25) is 0 Å². The highest BCUT2D eigenvalue weighted by atomic mass is 16.5. The predicted octanol–water partition coefficient (Wildman–Crippen LogP) is 2.87. The van der Waals surface area contributed by atoms with E-state index >= 15 is 0 Å². The molecule has 0 bridgehead atoms. The Bertz CT molecular complexity index is 123. The number of hydrogen-bond acceptors (Lipinski definition) is 1. The van der Waals surface area contributed by atoms with E-state index in [0.717, 1.165) is 12.2 Å². The normalized spacial score (nSPS) is 20.4. The van der Waals surface area contributed by atoms with E-state index in [1.807, 2.05) is 6.92 Å². The molecule has 0 aromatic carbocycles. The van der Waals surface area contributed by atoms with Gasteiger partial charge >= 0.3 is 0 Å². The molecule has 0 saturated heterocycles. The van der Waals surface area contributed by atoms with Crippen molar-refractivity contribution in [1.82, 2.24) is 0 Å². The molecule has 0 N–H and O–H groups in total. The van der Waals surface area contributed by atoms with Crippen LogP contribution in [0.5, 0.6) is 0 Å². The van der Waals surface area contributed by atoms with E-state index in [1.165, 1.54) is 19.3 Å². The van der Waals surface area contributed by atoms with Crippen LogP contribution in [0.3, 0.4) is 0 Å². The van der Waals surface area contributed by atoms with Crippen LogP contribution in [-0.2, 0) is 4.74 Å². The van der Waals surface area contributed by atoms with E-state index in [-0.39, 0.29) is 0 Å². The molecule has 0 aromatic rings. The van der Waals surface area contributed by atoms with Gasteiger partial charge in [0.2, 0.25) is 0 Å². The molecule has 1 saturated carbocycles. The first-order valence-electron chi connectivity index (χ1n) is 4.18. The zero-order valence-electron chi connectivity index (χ0n) is 6.89. The SMILES string of the molecule is C/C=C(\CC)OC1CCC1. The molecular weight excluding hydrogens is 124 g/mol. The maximum absolute atomic E-state index is 5.65. The predicted molar refractivity (Wildman–Crippen MR) is 42.8 cm³/mol. The molecule has 0 amide bonds. The molecule has 0 atom stereocenters. The van der Waals surface area contributed by atoms with Crippen LogP contribution in [0.4, 0.5) is 0 Å². The first kappa shape index (κ1) is 7.64. The molecule has 1 fully saturated rings. The van der Waals surface area contributed by atoms with Crippen LogP contribution in [0.25, 0.3) is 0 Å². The van der Waals surface area contributed by atoms with E-state index in [0.29, 0.717) is 6.10 Å². The Kier molecular flexibility index (Phi) is 2.79. The lowest BCUT2D eigenvalue weighted by atomic mass is 9.96. The number of hydrogen-bond donors (Lipinski definition) is 0. The second-order valence-corrected chi connectivity index (χ2v) is 2.78. The third-order valence-corrected chi connectivity index (χ3v) is 2.04. The lowest BCUT2D eigenvalue weighted by molar-refractivity contribution is 0.0483. The van der Waals surface area contributed by atoms with Gasteiger partial charge < -0.3 is 4.74 Å². The van der Waals surface area contributed by atoms with Gasteiger partial charge in [0.05, 0.1) is 11.9 Å². The number of rotatable bonds is 3. The summed E-state index contributed by atoms with van der Waals surface area (Å²) in [5.41, 5.74) is 0. The van der Waals surface area contributed by atoms with Crippen molar-refractivity contribution in [2.75, 3.05) is 0 Å². The largest absolute Gasteiger partial charge is 0.495 e. The van der Waals surface area contributed by atoms with E-state index in [4.69, 9.17) is 4.74 Å². The van der Waals surface area contributed by atoms with E-state index in [9.17, 15) is 0 Å². The summed E-state index contributed by atoms with van der Waals surface area (Å²) in [5.74, 6) is 1.16. The summed E-state index contributed by atoms with van der Waals surface area (Å²) in [6.45, 7) is 4.17. The van der Waals surface area contributed by atoms with Crippen LogP contribution in [0.15, 0.2) is 11.8 Å². The Morgan fingerprint density at radius 1 is 1.60 bits per heavy atom. The third kappa shape index (κ3) is 1.76. The summed E-state index contributed by atoms with van der Waals surface area (Å²) in [4.78, 5) is 0. The molecule has 0 spiro atoms. The molecule has 0 aromatic heterocycles. The van der Waals surface area contributed by atoms with Gasteiger partial charge in [-0.25, -0.2) is 0 Å². The minimum Gasteiger partial charge on any atom is -0.495 e. The van der Waals surface area contributed by atoms with Crippen LogP contribution in [-0.4, -0.2) is 6.10 Å². The standard InChI is InChI=1S/C9H16O/c1-3-8(4-2)10-9-6-5-7-9/h3,9H,4-7H2,1-2H3/b8-3+. The van der Waals surface area contributed by atoms with Crippen LogP contribution < -0.4 is 0 Å². The van der Waals surface area contributed by atoms with Crippen molar-refractivity contribution in [2.45, 2.75) is 45.6 Å². The first-order chi connectivity index (χ1) is 4.86. The Morgan fingerprint density at radius 3 is 2.60 bits per heavy atom. The van der Waals surface area contributed by atoms with Crippen LogP contribution in [0.2, 0.25) is 0 Å². The van der Waals surface area contributed by atoms with Gasteiger partial charge in [-0.1, -0.05) is 6.92 Å². The Labute approximate surface area is 63.1 Å². The average Bonchev–Trinajstić information content (AvgIpc) is 1.87. The fourth-order valence-corrected chi connectivity index (χ4v) is 1.06. The van der Waals surface area contributed by atoms with Crippen molar-refractivity contribution in [2.24, 2.45) is 0 Å². The smallest absolute Gasteiger partial charge is 0.0982 e. The minimum atomic E-state index is 0.547. The lowest BCUT2D eigenvalue weighted by Crippen LogP contribution is -2.20. The van der Waals surface area contributed by atoms with E-state index in [1.54, 1.807) is 0 Å². The molecule has 0 aliphatic heterocycles. The maximum atomic E-state index is 5.65. The topological polar surface area (TPSA) is 9.23 Å². The van der Waals surface area contributed by atoms with Crippen LogP contribution >= 0.6 is 0 Å². The van der Waals surface area contributed by atoms with Crippen molar-refractivity contribution in [3.8, 4) is 0 Å². The molecule has 1 aliphatic carbocycles. The molecule has 0 heterocycles. The lowest BCUT2D eigenvalue weighted by Gasteiger charge is -2.27. The zero-order chi connectivity index (χ0) is 7.40. The minimum absolute atomic E-state index is 0.547. The Balaban J connectivity index is 2.21. The third-order valence-electron chi connectivity index (χ3n) is 2.04. The maximum Gasteiger partial charge on any atom is 0.0982 e. The van der Waals surface area contributed by atoms with Gasteiger partial charge in [-0.15, -0.1) is 0 Å². The molecule has 58 valence electrons. The molecule has 1 aliphatic rings. The highest BCUT2D eigenvalue weighted by Gasteiger charge is 2.18. The van der Waals surface area contributed by atoms with E-state index in [2.05, 4.69) is 13.0 Å². The molecule has 10 heavy (non-hydrogen) atoms. The van der Waals surface area contributed by atoms with Crippen molar-refractivity contribution < 1.29 is 4.74 Å². The first-order valence-corrected chi connectivity index (χ1v) is 4.18. The van der Waals surface area contributed by atoms with Crippen molar-refractivity contribution in [3.05, 3.63) is 11.8 Å². The van der Waals surface area contributed by atoms with Gasteiger partial charge in [0.1, 0.15) is 0 Å². The highest BCUT2D eigenvalue weighted by Crippen LogP contribution is 2.24. The molecule has 1 rings (SSSR count). The molecular formula is C9H16O. The summed E-state index contributed by atoms with van der Waals surface area (Å²) in [5, 5.41) is 0. The monoisotopic (exact) mass is 140 g/mol. The van der Waals surface area contributed by atoms with Crippen LogP contribution in [0, 0.1) is 0 Å². The molecule has 1 nitrogen and oxygen atoms in total. The Morgan fingerprint density at radius 2 is 2.30 bits per heavy atom. The van der Waals surface area contributed by atoms with E-state index < -0.39 is 0 Å².